The van der Waals surface area contributed by atoms with Gasteiger partial charge in [-0.05, 0) is 6.92 Å². The molecule has 5 nitrogen and oxygen atoms in total. The molecule has 76 valence electrons. The molecule has 0 atom stereocenters. The van der Waals surface area contributed by atoms with Crippen LogP contribution in [0.15, 0.2) is 12.4 Å². The lowest BCUT2D eigenvalue weighted by molar-refractivity contribution is 0.128. The number of hydrogen-bond acceptors (Lipinski definition) is 4. The second kappa shape index (κ2) is 4.07. The molecule has 15 heavy (non-hydrogen) atoms. The van der Waals surface area contributed by atoms with Gasteiger partial charge in [-0.2, -0.15) is 5.26 Å². The number of aromatic nitrogens is 3. The molecule has 0 spiro atoms. The molecule has 0 saturated carbocycles. The van der Waals surface area contributed by atoms with E-state index in [-0.39, 0.29) is 0 Å². The molecule has 2 rings (SSSR count). The molecule has 0 aromatic carbocycles. The van der Waals surface area contributed by atoms with Crippen LogP contribution in [0.3, 0.4) is 0 Å². The first-order valence-corrected chi connectivity index (χ1v) is 4.66. The third-order valence-electron chi connectivity index (χ3n) is 2.04. The van der Waals surface area contributed by atoms with Crippen molar-refractivity contribution >= 4 is 11.0 Å². The van der Waals surface area contributed by atoms with Crippen LogP contribution in [0.2, 0.25) is 0 Å². The molecule has 0 aliphatic rings. The van der Waals surface area contributed by atoms with Gasteiger partial charge in [0, 0.05) is 19.0 Å². The monoisotopic (exact) mass is 202 g/mol. The second-order valence-corrected chi connectivity index (χ2v) is 3.00. The van der Waals surface area contributed by atoms with Gasteiger partial charge in [-0.15, -0.1) is 0 Å². The second-order valence-electron chi connectivity index (χ2n) is 3.00. The van der Waals surface area contributed by atoms with Crippen LogP contribution in [0.25, 0.3) is 11.0 Å². The molecular weight excluding hydrogens is 192 g/mol. The highest BCUT2D eigenvalue weighted by Gasteiger charge is 2.05. The summed E-state index contributed by atoms with van der Waals surface area (Å²) in [5, 5.41) is 9.53. The van der Waals surface area contributed by atoms with Crippen LogP contribution in [0.1, 0.15) is 18.3 Å². The topological polar surface area (TPSA) is 74.6 Å². The normalized spacial score (nSPS) is 10.4. The minimum Gasteiger partial charge on any atom is -0.374 e. The molecule has 2 aromatic heterocycles. The zero-order valence-corrected chi connectivity index (χ0v) is 8.32. The zero-order valence-electron chi connectivity index (χ0n) is 8.32. The standard InChI is InChI=1S/C10H10N4O/c1-2-15-6-9-12-5-8-7(3-11)4-13-10(8)14-9/h4-5H,2,6H2,1H3,(H,12,13,14). The highest BCUT2D eigenvalue weighted by Crippen LogP contribution is 2.14. The van der Waals surface area contributed by atoms with Crippen molar-refractivity contribution in [1.82, 2.24) is 15.0 Å². The van der Waals surface area contributed by atoms with E-state index in [9.17, 15) is 0 Å². The fourth-order valence-corrected chi connectivity index (χ4v) is 1.30. The average molecular weight is 202 g/mol. The minimum absolute atomic E-state index is 0.396. The summed E-state index contributed by atoms with van der Waals surface area (Å²) in [6, 6.07) is 2.07. The van der Waals surface area contributed by atoms with E-state index in [1.165, 1.54) is 0 Å². The number of H-pyrrole nitrogens is 1. The third-order valence-corrected chi connectivity index (χ3v) is 2.04. The van der Waals surface area contributed by atoms with Crippen molar-refractivity contribution in [3.8, 4) is 6.07 Å². The maximum absolute atomic E-state index is 8.78. The summed E-state index contributed by atoms with van der Waals surface area (Å²) < 4.78 is 5.20. The number of nitrogens with one attached hydrogen (secondary N) is 1. The Kier molecular flexibility index (Phi) is 2.61. The quantitative estimate of drug-likeness (QED) is 0.815. The zero-order chi connectivity index (χ0) is 10.7. The number of fused-ring (bicyclic) bond motifs is 1. The van der Waals surface area contributed by atoms with Crippen LogP contribution in [0.5, 0.6) is 0 Å². The van der Waals surface area contributed by atoms with Crippen LogP contribution in [-0.4, -0.2) is 21.6 Å². The van der Waals surface area contributed by atoms with Crippen molar-refractivity contribution in [2.45, 2.75) is 13.5 Å². The Morgan fingerprint density at radius 2 is 2.47 bits per heavy atom. The fraction of sp³-hybridized carbons (Fsp3) is 0.300. The smallest absolute Gasteiger partial charge is 0.156 e. The molecule has 0 fully saturated rings. The first-order valence-electron chi connectivity index (χ1n) is 4.66. The van der Waals surface area contributed by atoms with E-state index in [4.69, 9.17) is 10.00 Å². The van der Waals surface area contributed by atoms with Crippen molar-refractivity contribution in [2.75, 3.05) is 6.61 Å². The minimum atomic E-state index is 0.396. The molecule has 0 aliphatic carbocycles. The van der Waals surface area contributed by atoms with Gasteiger partial charge in [0.2, 0.25) is 0 Å². The van der Waals surface area contributed by atoms with Crippen LogP contribution >= 0.6 is 0 Å². The predicted molar refractivity (Wildman–Crippen MR) is 53.9 cm³/mol. The maximum Gasteiger partial charge on any atom is 0.156 e. The summed E-state index contributed by atoms with van der Waals surface area (Å²) >= 11 is 0. The van der Waals surface area contributed by atoms with Gasteiger partial charge in [0.25, 0.3) is 0 Å². The van der Waals surface area contributed by atoms with Gasteiger partial charge in [0.15, 0.2) is 5.82 Å². The Morgan fingerprint density at radius 1 is 1.60 bits per heavy atom. The van der Waals surface area contributed by atoms with Gasteiger partial charge in [-0.25, -0.2) is 9.97 Å². The van der Waals surface area contributed by atoms with Gasteiger partial charge in [-0.1, -0.05) is 0 Å². The Bertz CT molecular complexity index is 512. The van der Waals surface area contributed by atoms with Gasteiger partial charge in [0.1, 0.15) is 18.3 Å². The molecule has 0 bridgehead atoms. The van der Waals surface area contributed by atoms with Gasteiger partial charge >= 0.3 is 0 Å². The lowest BCUT2D eigenvalue weighted by Gasteiger charge is -1.99. The van der Waals surface area contributed by atoms with Gasteiger partial charge in [-0.3, -0.25) is 0 Å². The van der Waals surface area contributed by atoms with Crippen molar-refractivity contribution in [3.05, 3.63) is 23.8 Å². The Hall–Kier alpha value is -1.93. The number of nitriles is 1. The number of nitrogens with zero attached hydrogens (tertiary/aromatic N) is 3. The lowest BCUT2D eigenvalue weighted by Crippen LogP contribution is -1.98. The van der Waals surface area contributed by atoms with E-state index in [0.717, 1.165) is 5.39 Å². The molecule has 0 unspecified atom stereocenters. The van der Waals surface area contributed by atoms with Crippen LogP contribution in [0.4, 0.5) is 0 Å². The number of hydrogen-bond donors (Lipinski definition) is 1. The van der Waals surface area contributed by atoms with Gasteiger partial charge in [0.05, 0.1) is 10.9 Å². The third kappa shape index (κ3) is 1.80. The summed E-state index contributed by atoms with van der Waals surface area (Å²) in [5.74, 6) is 0.621. The molecule has 5 heteroatoms. The summed E-state index contributed by atoms with van der Waals surface area (Å²) in [6.07, 6.45) is 3.27. The van der Waals surface area contributed by atoms with E-state index in [0.29, 0.717) is 30.2 Å². The molecule has 0 saturated heterocycles. The van der Waals surface area contributed by atoms with E-state index in [2.05, 4.69) is 21.0 Å². The van der Waals surface area contributed by atoms with E-state index >= 15 is 0 Å². The molecule has 2 aromatic rings. The van der Waals surface area contributed by atoms with E-state index < -0.39 is 0 Å². The number of aromatic amines is 1. The Morgan fingerprint density at radius 3 is 3.20 bits per heavy atom. The first kappa shape index (κ1) is 9.62. The van der Waals surface area contributed by atoms with Gasteiger partial charge < -0.3 is 9.72 Å². The average Bonchev–Trinajstić information content (AvgIpc) is 2.68. The SMILES string of the molecule is CCOCc1ncc2c(C#N)c[nH]c2n1. The molecule has 2 heterocycles. The maximum atomic E-state index is 8.78. The molecular formula is C10H10N4O. The van der Waals surface area contributed by atoms with Crippen molar-refractivity contribution in [1.29, 1.82) is 5.26 Å². The molecule has 0 aliphatic heterocycles. The molecule has 0 amide bonds. The summed E-state index contributed by atoms with van der Waals surface area (Å²) in [6.45, 7) is 2.95. The van der Waals surface area contributed by atoms with Crippen molar-refractivity contribution < 1.29 is 4.74 Å². The summed E-state index contributed by atoms with van der Waals surface area (Å²) in [7, 11) is 0. The van der Waals surface area contributed by atoms with E-state index in [1.54, 1.807) is 12.4 Å². The first-order chi connectivity index (χ1) is 7.35. The molecule has 0 radical (unpaired) electrons. The molecule has 1 N–H and O–H groups in total. The summed E-state index contributed by atoms with van der Waals surface area (Å²) in [5.41, 5.74) is 1.24. The van der Waals surface area contributed by atoms with Crippen LogP contribution in [-0.2, 0) is 11.3 Å². The fourth-order valence-electron chi connectivity index (χ4n) is 1.30. The predicted octanol–water partition coefficient (Wildman–Crippen LogP) is 1.37. The summed E-state index contributed by atoms with van der Waals surface area (Å²) in [4.78, 5) is 11.3. The highest BCUT2D eigenvalue weighted by atomic mass is 16.5. The highest BCUT2D eigenvalue weighted by molar-refractivity contribution is 5.81. The van der Waals surface area contributed by atoms with Crippen molar-refractivity contribution in [3.63, 3.8) is 0 Å². The number of rotatable bonds is 3. The largest absolute Gasteiger partial charge is 0.374 e. The van der Waals surface area contributed by atoms with Crippen LogP contribution in [0, 0.1) is 11.3 Å². The van der Waals surface area contributed by atoms with E-state index in [1.807, 2.05) is 6.92 Å². The van der Waals surface area contributed by atoms with Crippen LogP contribution < -0.4 is 0 Å². The number of ether oxygens (including phenoxy) is 1. The Labute approximate surface area is 86.7 Å². The Balaban J connectivity index is 2.36. The van der Waals surface area contributed by atoms with Crippen molar-refractivity contribution in [2.24, 2.45) is 0 Å². The lowest BCUT2D eigenvalue weighted by atomic mass is 10.3.